The van der Waals surface area contributed by atoms with Crippen molar-refractivity contribution < 1.29 is 14.6 Å². The highest BCUT2D eigenvalue weighted by Crippen LogP contribution is 2.23. The first-order chi connectivity index (χ1) is 6.87. The number of carboxylic acids is 1. The van der Waals surface area contributed by atoms with Crippen LogP contribution in [-0.4, -0.2) is 49.3 Å². The zero-order valence-electron chi connectivity index (χ0n) is 10.4. The Labute approximate surface area is 92.2 Å². The maximum atomic E-state index is 11.1. The molecule has 0 aliphatic rings. The molecule has 4 nitrogen and oxygen atoms in total. The molecule has 0 fully saturated rings. The highest BCUT2D eigenvalue weighted by Gasteiger charge is 2.33. The van der Waals surface area contributed by atoms with Gasteiger partial charge in [-0.2, -0.15) is 0 Å². The first-order valence-corrected chi connectivity index (χ1v) is 5.30. The Morgan fingerprint density at radius 2 is 2.13 bits per heavy atom. The fourth-order valence-electron chi connectivity index (χ4n) is 1.41. The van der Waals surface area contributed by atoms with Crippen molar-refractivity contribution in [2.75, 3.05) is 27.3 Å². The quantitative estimate of drug-likeness (QED) is 0.701. The molecule has 0 aliphatic carbocycles. The van der Waals surface area contributed by atoms with E-state index in [2.05, 4.69) is 0 Å². The number of carbonyl (C=O) groups is 1. The Morgan fingerprint density at radius 3 is 2.47 bits per heavy atom. The Morgan fingerprint density at radius 1 is 1.60 bits per heavy atom. The molecule has 1 N–H and O–H groups in total. The second kappa shape index (κ2) is 6.08. The van der Waals surface area contributed by atoms with Crippen LogP contribution in [0.3, 0.4) is 0 Å². The third-order valence-corrected chi connectivity index (χ3v) is 3.06. The third-order valence-electron chi connectivity index (χ3n) is 3.06. The topological polar surface area (TPSA) is 49.8 Å². The smallest absolute Gasteiger partial charge is 0.310 e. The number of nitrogens with zero attached hydrogens (tertiary/aromatic N) is 1. The largest absolute Gasteiger partial charge is 0.481 e. The van der Waals surface area contributed by atoms with Crippen LogP contribution in [0.15, 0.2) is 0 Å². The van der Waals surface area contributed by atoms with E-state index in [0.29, 0.717) is 19.6 Å². The fraction of sp³-hybridized carbons (Fsp3) is 0.909. The summed E-state index contributed by atoms with van der Waals surface area (Å²) in [4.78, 5) is 13.1. The second-order valence-corrected chi connectivity index (χ2v) is 4.44. The molecule has 0 amide bonds. The molecule has 0 aliphatic heterocycles. The van der Waals surface area contributed by atoms with E-state index in [-0.39, 0.29) is 6.04 Å². The second-order valence-electron chi connectivity index (χ2n) is 4.44. The van der Waals surface area contributed by atoms with Crippen LogP contribution in [0.4, 0.5) is 0 Å². The minimum absolute atomic E-state index is 0.236. The van der Waals surface area contributed by atoms with Gasteiger partial charge in [-0.15, -0.1) is 0 Å². The van der Waals surface area contributed by atoms with Gasteiger partial charge in [0.05, 0.1) is 12.0 Å². The lowest BCUT2D eigenvalue weighted by Gasteiger charge is -2.32. The summed E-state index contributed by atoms with van der Waals surface area (Å²) in [5.41, 5.74) is -0.670. The molecule has 2 atom stereocenters. The molecule has 0 aromatic heterocycles. The monoisotopic (exact) mass is 217 g/mol. The molecule has 2 unspecified atom stereocenters. The van der Waals surface area contributed by atoms with Crippen LogP contribution in [0.2, 0.25) is 0 Å². The van der Waals surface area contributed by atoms with Crippen LogP contribution < -0.4 is 0 Å². The first kappa shape index (κ1) is 14.4. The third kappa shape index (κ3) is 4.18. The molecular weight excluding hydrogens is 194 g/mol. The average molecular weight is 217 g/mol. The van der Waals surface area contributed by atoms with Gasteiger partial charge in [0.25, 0.3) is 0 Å². The van der Waals surface area contributed by atoms with E-state index in [1.165, 1.54) is 0 Å². The summed E-state index contributed by atoms with van der Waals surface area (Å²) in [7, 11) is 3.58. The van der Waals surface area contributed by atoms with Crippen molar-refractivity contribution >= 4 is 5.97 Å². The van der Waals surface area contributed by atoms with Gasteiger partial charge in [-0.05, 0) is 27.3 Å². The molecule has 0 radical (unpaired) electrons. The van der Waals surface area contributed by atoms with Gasteiger partial charge in [-0.3, -0.25) is 4.79 Å². The zero-order chi connectivity index (χ0) is 12.1. The van der Waals surface area contributed by atoms with E-state index in [1.807, 2.05) is 25.8 Å². The molecule has 0 heterocycles. The summed E-state index contributed by atoms with van der Waals surface area (Å²) in [5, 5.41) is 9.14. The maximum absolute atomic E-state index is 11.1. The maximum Gasteiger partial charge on any atom is 0.310 e. The minimum Gasteiger partial charge on any atom is -0.481 e. The SMILES string of the molecule is CCC(C)(CN(C)C(C)COC)C(=O)O. The van der Waals surface area contributed by atoms with E-state index >= 15 is 0 Å². The number of hydrogen-bond acceptors (Lipinski definition) is 3. The summed E-state index contributed by atoms with van der Waals surface area (Å²) in [6.45, 7) is 6.88. The molecule has 0 saturated carbocycles. The van der Waals surface area contributed by atoms with Crippen LogP contribution in [0.1, 0.15) is 27.2 Å². The lowest BCUT2D eigenvalue weighted by molar-refractivity contribution is -0.149. The van der Waals surface area contributed by atoms with Crippen molar-refractivity contribution in [3.8, 4) is 0 Å². The lowest BCUT2D eigenvalue weighted by atomic mass is 9.87. The predicted molar refractivity (Wildman–Crippen MR) is 60.0 cm³/mol. The van der Waals surface area contributed by atoms with Crippen molar-refractivity contribution in [3.05, 3.63) is 0 Å². The summed E-state index contributed by atoms with van der Waals surface area (Å²) >= 11 is 0. The molecule has 0 bridgehead atoms. The summed E-state index contributed by atoms with van der Waals surface area (Å²) in [6, 6.07) is 0.236. The van der Waals surface area contributed by atoms with E-state index in [9.17, 15) is 4.79 Å². The highest BCUT2D eigenvalue weighted by molar-refractivity contribution is 5.74. The molecule has 0 spiro atoms. The van der Waals surface area contributed by atoms with Gasteiger partial charge in [-0.25, -0.2) is 0 Å². The van der Waals surface area contributed by atoms with E-state index in [4.69, 9.17) is 9.84 Å². The predicted octanol–water partition coefficient (Wildman–Crippen LogP) is 1.45. The van der Waals surface area contributed by atoms with Crippen LogP contribution in [-0.2, 0) is 9.53 Å². The molecule has 4 heteroatoms. The van der Waals surface area contributed by atoms with Crippen molar-refractivity contribution in [2.45, 2.75) is 33.2 Å². The standard InChI is InChI=1S/C11H23NO3/c1-6-11(3,10(13)14)8-12(4)9(2)7-15-5/h9H,6-8H2,1-5H3,(H,13,14). The summed E-state index contributed by atoms with van der Waals surface area (Å²) in [6.07, 6.45) is 0.631. The molecule has 15 heavy (non-hydrogen) atoms. The van der Waals surface area contributed by atoms with Gasteiger partial charge in [0.2, 0.25) is 0 Å². The van der Waals surface area contributed by atoms with E-state index in [1.54, 1.807) is 14.0 Å². The van der Waals surface area contributed by atoms with Gasteiger partial charge in [0.15, 0.2) is 0 Å². The zero-order valence-corrected chi connectivity index (χ0v) is 10.4. The van der Waals surface area contributed by atoms with Crippen LogP contribution in [0.25, 0.3) is 0 Å². The Hall–Kier alpha value is -0.610. The number of likely N-dealkylation sites (N-methyl/N-ethyl adjacent to an activating group) is 1. The highest BCUT2D eigenvalue weighted by atomic mass is 16.5. The average Bonchev–Trinajstić information content (AvgIpc) is 2.17. The number of methoxy groups -OCH3 is 1. The molecule has 0 saturated heterocycles. The van der Waals surface area contributed by atoms with Gasteiger partial charge < -0.3 is 14.7 Å². The van der Waals surface area contributed by atoms with Gasteiger partial charge in [-0.1, -0.05) is 6.92 Å². The summed E-state index contributed by atoms with van der Waals surface area (Å²) < 4.78 is 5.04. The van der Waals surface area contributed by atoms with Crippen molar-refractivity contribution in [3.63, 3.8) is 0 Å². The molecule has 0 aromatic carbocycles. The van der Waals surface area contributed by atoms with Gasteiger partial charge in [0.1, 0.15) is 0 Å². The van der Waals surface area contributed by atoms with Gasteiger partial charge >= 0.3 is 5.97 Å². The normalized spacial score (nSPS) is 17.5. The lowest BCUT2D eigenvalue weighted by Crippen LogP contribution is -2.44. The number of carboxylic acid groups (broad SMARTS) is 1. The van der Waals surface area contributed by atoms with Crippen LogP contribution >= 0.6 is 0 Å². The van der Waals surface area contributed by atoms with Crippen molar-refractivity contribution in [1.82, 2.24) is 4.90 Å². The van der Waals surface area contributed by atoms with Gasteiger partial charge in [0, 0.05) is 19.7 Å². The first-order valence-electron chi connectivity index (χ1n) is 5.30. The molecule has 0 rings (SSSR count). The minimum atomic E-state index is -0.735. The number of hydrogen-bond donors (Lipinski definition) is 1. The van der Waals surface area contributed by atoms with E-state index < -0.39 is 11.4 Å². The molecule has 0 aromatic rings. The Kier molecular flexibility index (Phi) is 5.83. The summed E-state index contributed by atoms with van der Waals surface area (Å²) in [5.74, 6) is -0.735. The van der Waals surface area contributed by atoms with Crippen molar-refractivity contribution in [1.29, 1.82) is 0 Å². The molecular formula is C11H23NO3. The van der Waals surface area contributed by atoms with E-state index in [0.717, 1.165) is 0 Å². The molecule has 90 valence electrons. The van der Waals surface area contributed by atoms with Crippen molar-refractivity contribution in [2.24, 2.45) is 5.41 Å². The Balaban J connectivity index is 4.35. The number of aliphatic carboxylic acids is 1. The Bertz CT molecular complexity index is 208. The van der Waals surface area contributed by atoms with Crippen LogP contribution in [0.5, 0.6) is 0 Å². The van der Waals surface area contributed by atoms with Crippen LogP contribution in [0, 0.1) is 5.41 Å². The number of rotatable bonds is 7. The number of ether oxygens (including phenoxy) is 1. The fourth-order valence-corrected chi connectivity index (χ4v) is 1.41.